The van der Waals surface area contributed by atoms with E-state index >= 15 is 0 Å². The molecule has 1 fully saturated rings. The maximum atomic E-state index is 6.38. The van der Waals surface area contributed by atoms with Gasteiger partial charge in [0.15, 0.2) is 5.82 Å². The van der Waals surface area contributed by atoms with Crippen LogP contribution in [-0.4, -0.2) is 15.1 Å². The van der Waals surface area contributed by atoms with E-state index in [-0.39, 0.29) is 0 Å². The molecule has 0 aliphatic heterocycles. The van der Waals surface area contributed by atoms with Gasteiger partial charge in [-0.3, -0.25) is 4.98 Å². The van der Waals surface area contributed by atoms with Crippen LogP contribution in [0.1, 0.15) is 49.4 Å². The average molecular weight is 258 g/mol. The smallest absolute Gasteiger partial charge is 0.246 e. The number of aromatic nitrogens is 3. The third kappa shape index (κ3) is 2.66. The molecule has 0 radical (unpaired) electrons. The zero-order valence-electron chi connectivity index (χ0n) is 10.9. The summed E-state index contributed by atoms with van der Waals surface area (Å²) in [5.41, 5.74) is 7.09. The molecule has 0 unspecified atom stereocenters. The van der Waals surface area contributed by atoms with Gasteiger partial charge in [-0.25, -0.2) is 0 Å². The first-order valence-electron chi connectivity index (χ1n) is 6.77. The first-order valence-corrected chi connectivity index (χ1v) is 6.77. The van der Waals surface area contributed by atoms with Gasteiger partial charge in [-0.1, -0.05) is 24.4 Å². The van der Waals surface area contributed by atoms with E-state index < -0.39 is 5.54 Å². The number of rotatable bonds is 3. The summed E-state index contributed by atoms with van der Waals surface area (Å²) in [6.45, 7) is 0. The molecule has 0 saturated heterocycles. The van der Waals surface area contributed by atoms with E-state index in [0.29, 0.717) is 18.1 Å². The molecule has 0 aromatic carbocycles. The Bertz CT molecular complexity index is 531. The summed E-state index contributed by atoms with van der Waals surface area (Å²) >= 11 is 0. The maximum absolute atomic E-state index is 6.38. The van der Waals surface area contributed by atoms with Crippen LogP contribution in [0.5, 0.6) is 0 Å². The van der Waals surface area contributed by atoms with E-state index in [0.717, 1.165) is 31.2 Å². The number of pyridine rings is 1. The Labute approximate surface area is 112 Å². The molecule has 5 heteroatoms. The van der Waals surface area contributed by atoms with E-state index in [1.807, 2.05) is 12.1 Å². The molecule has 1 aliphatic carbocycles. The van der Waals surface area contributed by atoms with Crippen molar-refractivity contribution in [1.29, 1.82) is 0 Å². The summed E-state index contributed by atoms with van der Waals surface area (Å²) in [5, 5.41) is 4.05. The predicted molar refractivity (Wildman–Crippen MR) is 70.3 cm³/mol. The Kier molecular flexibility index (Phi) is 3.29. The number of nitrogens with two attached hydrogens (primary N) is 1. The minimum atomic E-state index is -0.415. The fraction of sp³-hybridized carbons (Fsp3) is 0.500. The molecule has 0 atom stereocenters. The maximum Gasteiger partial charge on any atom is 0.246 e. The second-order valence-electron chi connectivity index (χ2n) is 5.26. The van der Waals surface area contributed by atoms with Crippen molar-refractivity contribution in [1.82, 2.24) is 15.1 Å². The lowest BCUT2D eigenvalue weighted by Gasteiger charge is -2.29. The molecule has 0 bridgehead atoms. The van der Waals surface area contributed by atoms with Gasteiger partial charge in [0.1, 0.15) is 0 Å². The van der Waals surface area contributed by atoms with Crippen molar-refractivity contribution < 1.29 is 4.52 Å². The second kappa shape index (κ2) is 5.09. The summed E-state index contributed by atoms with van der Waals surface area (Å²) < 4.78 is 5.38. The van der Waals surface area contributed by atoms with E-state index in [1.54, 1.807) is 12.4 Å². The Morgan fingerprint density at radius 1 is 1.16 bits per heavy atom. The molecule has 3 rings (SSSR count). The number of hydrogen-bond acceptors (Lipinski definition) is 5. The molecule has 2 N–H and O–H groups in total. The molecule has 1 saturated carbocycles. The lowest BCUT2D eigenvalue weighted by molar-refractivity contribution is 0.219. The Morgan fingerprint density at radius 2 is 1.89 bits per heavy atom. The summed E-state index contributed by atoms with van der Waals surface area (Å²) in [5.74, 6) is 1.29. The van der Waals surface area contributed by atoms with Crippen molar-refractivity contribution in [2.45, 2.75) is 44.1 Å². The third-order valence-corrected chi connectivity index (χ3v) is 3.75. The first-order chi connectivity index (χ1) is 9.26. The highest BCUT2D eigenvalue weighted by Gasteiger charge is 2.35. The summed E-state index contributed by atoms with van der Waals surface area (Å²) in [6, 6.07) is 3.91. The standard InChI is InChI=1S/C14H18N4O/c15-14(6-2-1-3-7-14)13-17-12(18-19-13)10-11-4-8-16-9-5-11/h4-5,8-9H,1-3,6-7,10,15H2. The molecule has 2 aromatic heterocycles. The number of hydrogen-bond donors (Lipinski definition) is 1. The summed E-state index contributed by atoms with van der Waals surface area (Å²) in [7, 11) is 0. The van der Waals surface area contributed by atoms with Crippen LogP contribution in [0.4, 0.5) is 0 Å². The van der Waals surface area contributed by atoms with Crippen molar-refractivity contribution in [2.24, 2.45) is 5.73 Å². The summed E-state index contributed by atoms with van der Waals surface area (Å²) in [4.78, 5) is 8.47. The topological polar surface area (TPSA) is 77.8 Å². The largest absolute Gasteiger partial charge is 0.337 e. The van der Waals surface area contributed by atoms with Crippen molar-refractivity contribution in [3.05, 3.63) is 41.8 Å². The van der Waals surface area contributed by atoms with Gasteiger partial charge in [-0.15, -0.1) is 0 Å². The lowest BCUT2D eigenvalue weighted by Crippen LogP contribution is -2.39. The molecule has 0 amide bonds. The molecule has 19 heavy (non-hydrogen) atoms. The van der Waals surface area contributed by atoms with Gasteiger partial charge in [0.05, 0.1) is 5.54 Å². The quantitative estimate of drug-likeness (QED) is 0.912. The highest BCUT2D eigenvalue weighted by Crippen LogP contribution is 2.33. The minimum Gasteiger partial charge on any atom is -0.337 e. The van der Waals surface area contributed by atoms with Crippen molar-refractivity contribution >= 4 is 0 Å². The lowest BCUT2D eigenvalue weighted by atomic mass is 9.82. The first kappa shape index (κ1) is 12.3. The highest BCUT2D eigenvalue weighted by atomic mass is 16.5. The minimum absolute atomic E-state index is 0.415. The Morgan fingerprint density at radius 3 is 2.63 bits per heavy atom. The van der Waals surface area contributed by atoms with Gasteiger partial charge in [-0.05, 0) is 30.5 Å². The molecule has 2 heterocycles. The normalized spacial score (nSPS) is 18.4. The van der Waals surface area contributed by atoms with Gasteiger partial charge in [0.25, 0.3) is 0 Å². The molecule has 5 nitrogen and oxygen atoms in total. The fourth-order valence-corrected chi connectivity index (χ4v) is 2.61. The SMILES string of the molecule is NC1(c2nc(Cc3ccncc3)no2)CCCCC1. The Hall–Kier alpha value is -1.75. The third-order valence-electron chi connectivity index (χ3n) is 3.75. The molecule has 1 aliphatic rings. The van der Waals surface area contributed by atoms with Crippen molar-refractivity contribution in [3.8, 4) is 0 Å². The zero-order chi connectivity index (χ0) is 13.1. The van der Waals surface area contributed by atoms with Crippen LogP contribution < -0.4 is 5.73 Å². The van der Waals surface area contributed by atoms with Crippen LogP contribution in [0.3, 0.4) is 0 Å². The molecular weight excluding hydrogens is 240 g/mol. The van der Waals surface area contributed by atoms with Crippen LogP contribution in [-0.2, 0) is 12.0 Å². The fourth-order valence-electron chi connectivity index (χ4n) is 2.61. The van der Waals surface area contributed by atoms with Crippen LogP contribution in [0, 0.1) is 0 Å². The van der Waals surface area contributed by atoms with E-state index in [9.17, 15) is 0 Å². The van der Waals surface area contributed by atoms with Crippen LogP contribution in [0.15, 0.2) is 29.0 Å². The molecule has 2 aromatic rings. The van der Waals surface area contributed by atoms with Gasteiger partial charge >= 0.3 is 0 Å². The van der Waals surface area contributed by atoms with E-state index in [2.05, 4.69) is 15.1 Å². The van der Waals surface area contributed by atoms with Gasteiger partial charge in [0.2, 0.25) is 5.89 Å². The summed E-state index contributed by atoms with van der Waals surface area (Å²) in [6.07, 6.45) is 9.58. The molecule has 0 spiro atoms. The monoisotopic (exact) mass is 258 g/mol. The molecule has 100 valence electrons. The Balaban J connectivity index is 1.76. The zero-order valence-corrected chi connectivity index (χ0v) is 10.9. The van der Waals surface area contributed by atoms with Gasteiger partial charge in [-0.2, -0.15) is 4.98 Å². The average Bonchev–Trinajstić information content (AvgIpc) is 2.90. The number of nitrogens with zero attached hydrogens (tertiary/aromatic N) is 3. The second-order valence-corrected chi connectivity index (χ2v) is 5.26. The predicted octanol–water partition coefficient (Wildman–Crippen LogP) is 2.17. The van der Waals surface area contributed by atoms with E-state index in [1.165, 1.54) is 6.42 Å². The van der Waals surface area contributed by atoms with Crippen molar-refractivity contribution in [3.63, 3.8) is 0 Å². The van der Waals surface area contributed by atoms with Crippen molar-refractivity contribution in [2.75, 3.05) is 0 Å². The van der Waals surface area contributed by atoms with Gasteiger partial charge in [0, 0.05) is 18.8 Å². The van der Waals surface area contributed by atoms with E-state index in [4.69, 9.17) is 10.3 Å². The van der Waals surface area contributed by atoms with Crippen LogP contribution in [0.25, 0.3) is 0 Å². The van der Waals surface area contributed by atoms with Gasteiger partial charge < -0.3 is 10.3 Å². The van der Waals surface area contributed by atoms with Crippen LogP contribution >= 0.6 is 0 Å². The molecular formula is C14H18N4O. The highest BCUT2D eigenvalue weighted by molar-refractivity contribution is 5.15. The van der Waals surface area contributed by atoms with Crippen LogP contribution in [0.2, 0.25) is 0 Å².